The Labute approximate surface area is 145 Å². The predicted octanol–water partition coefficient (Wildman–Crippen LogP) is 2.97. The first-order chi connectivity index (χ1) is 11.2. The maximum absolute atomic E-state index is 11.9. The Kier molecular flexibility index (Phi) is 5.61. The van der Waals surface area contributed by atoms with E-state index in [4.69, 9.17) is 4.74 Å². The summed E-state index contributed by atoms with van der Waals surface area (Å²) in [6.45, 7) is 5.27. The minimum Gasteiger partial charge on any atom is -0.491 e. The summed E-state index contributed by atoms with van der Waals surface area (Å²) >= 11 is 1.25. The van der Waals surface area contributed by atoms with E-state index in [1.54, 1.807) is 5.38 Å². The number of ether oxygens (including phenoxy) is 1. The molecule has 0 spiro atoms. The average Bonchev–Trinajstić information content (AvgIpc) is 2.94. The number of benzene rings is 1. The second-order valence-corrected chi connectivity index (χ2v) is 8.91. The number of amides is 1. The fraction of sp³-hybridized carbons (Fsp3) is 0.375. The molecule has 0 fully saturated rings. The molecule has 1 amide bonds. The second kappa shape index (κ2) is 7.31. The van der Waals surface area contributed by atoms with Crippen molar-refractivity contribution in [3.8, 4) is 17.0 Å². The van der Waals surface area contributed by atoms with Gasteiger partial charge < -0.3 is 10.1 Å². The van der Waals surface area contributed by atoms with Crippen LogP contribution in [0.2, 0.25) is 0 Å². The van der Waals surface area contributed by atoms with Crippen LogP contribution in [-0.2, 0) is 14.6 Å². The largest absolute Gasteiger partial charge is 0.491 e. The Morgan fingerprint density at radius 1 is 1.21 bits per heavy atom. The quantitative estimate of drug-likeness (QED) is 0.847. The van der Waals surface area contributed by atoms with Crippen molar-refractivity contribution in [2.24, 2.45) is 0 Å². The second-order valence-electron chi connectivity index (χ2n) is 5.69. The zero-order valence-electron chi connectivity index (χ0n) is 13.9. The molecular formula is C16H20N2O4S2. The van der Waals surface area contributed by atoms with Gasteiger partial charge in [0.2, 0.25) is 5.91 Å². The number of anilines is 1. The third kappa shape index (κ3) is 4.78. The van der Waals surface area contributed by atoms with Crippen LogP contribution < -0.4 is 10.1 Å². The number of hydrogen-bond donors (Lipinski definition) is 1. The molecule has 0 aliphatic carbocycles. The molecule has 0 radical (unpaired) electrons. The Hall–Kier alpha value is -1.93. The van der Waals surface area contributed by atoms with E-state index in [2.05, 4.69) is 10.3 Å². The summed E-state index contributed by atoms with van der Waals surface area (Å²) in [5.41, 5.74) is 1.59. The van der Waals surface area contributed by atoms with Gasteiger partial charge in [0.1, 0.15) is 11.0 Å². The third-order valence-electron chi connectivity index (χ3n) is 3.27. The zero-order chi connectivity index (χ0) is 17.9. The minimum atomic E-state index is -3.43. The van der Waals surface area contributed by atoms with Crippen molar-refractivity contribution >= 4 is 32.2 Å². The number of thiazole rings is 1. The van der Waals surface area contributed by atoms with E-state index in [-0.39, 0.29) is 6.10 Å². The van der Waals surface area contributed by atoms with Gasteiger partial charge in [-0.25, -0.2) is 13.4 Å². The van der Waals surface area contributed by atoms with Gasteiger partial charge in [0.15, 0.2) is 15.0 Å². The highest BCUT2D eigenvalue weighted by molar-refractivity contribution is 7.92. The lowest BCUT2D eigenvalue weighted by Gasteiger charge is -2.09. The molecule has 24 heavy (non-hydrogen) atoms. The van der Waals surface area contributed by atoms with Crippen molar-refractivity contribution in [1.29, 1.82) is 0 Å². The number of aromatic nitrogens is 1. The van der Waals surface area contributed by atoms with Crippen LogP contribution in [0.5, 0.6) is 5.75 Å². The van der Waals surface area contributed by atoms with Crippen LogP contribution in [0, 0.1) is 0 Å². The molecule has 2 aromatic rings. The summed E-state index contributed by atoms with van der Waals surface area (Å²) in [4.78, 5) is 16.2. The Morgan fingerprint density at radius 3 is 2.38 bits per heavy atom. The van der Waals surface area contributed by atoms with Crippen LogP contribution in [0.25, 0.3) is 11.3 Å². The SMILES string of the molecule is CC(C)Oc1ccc(-c2csc(NC(=O)C(C)S(C)(=O)=O)n2)cc1. The summed E-state index contributed by atoms with van der Waals surface area (Å²) in [7, 11) is -3.43. The lowest BCUT2D eigenvalue weighted by atomic mass is 10.2. The normalized spacial score (nSPS) is 12.9. The van der Waals surface area contributed by atoms with E-state index in [1.165, 1.54) is 18.3 Å². The molecule has 0 saturated heterocycles. The van der Waals surface area contributed by atoms with Crippen molar-refractivity contribution in [2.75, 3.05) is 11.6 Å². The molecule has 8 heteroatoms. The van der Waals surface area contributed by atoms with Gasteiger partial charge >= 0.3 is 0 Å². The molecule has 6 nitrogen and oxygen atoms in total. The van der Waals surface area contributed by atoms with Crippen molar-refractivity contribution in [2.45, 2.75) is 32.1 Å². The molecule has 1 N–H and O–H groups in total. The minimum absolute atomic E-state index is 0.105. The molecule has 1 atom stereocenters. The van der Waals surface area contributed by atoms with Gasteiger partial charge in [0, 0.05) is 17.2 Å². The number of rotatable bonds is 6. The highest BCUT2D eigenvalue weighted by atomic mass is 32.2. The third-order valence-corrected chi connectivity index (χ3v) is 5.52. The van der Waals surface area contributed by atoms with Gasteiger partial charge in [-0.05, 0) is 45.0 Å². The van der Waals surface area contributed by atoms with E-state index in [9.17, 15) is 13.2 Å². The van der Waals surface area contributed by atoms with Crippen molar-refractivity contribution < 1.29 is 17.9 Å². The highest BCUT2D eigenvalue weighted by Gasteiger charge is 2.24. The first-order valence-electron chi connectivity index (χ1n) is 7.39. The molecule has 1 aromatic heterocycles. The van der Waals surface area contributed by atoms with Crippen molar-refractivity contribution in [3.05, 3.63) is 29.6 Å². The van der Waals surface area contributed by atoms with Gasteiger partial charge in [0.05, 0.1) is 11.8 Å². The van der Waals surface area contributed by atoms with E-state index in [1.807, 2.05) is 38.1 Å². The average molecular weight is 368 g/mol. The van der Waals surface area contributed by atoms with Gasteiger partial charge in [-0.1, -0.05) is 0 Å². The van der Waals surface area contributed by atoms with E-state index < -0.39 is 21.0 Å². The number of sulfone groups is 1. The lowest BCUT2D eigenvalue weighted by molar-refractivity contribution is -0.115. The highest BCUT2D eigenvalue weighted by Crippen LogP contribution is 2.27. The van der Waals surface area contributed by atoms with Crippen LogP contribution in [0.3, 0.4) is 0 Å². The number of hydrogen-bond acceptors (Lipinski definition) is 6. The first-order valence-corrected chi connectivity index (χ1v) is 10.2. The smallest absolute Gasteiger partial charge is 0.244 e. The summed E-state index contributed by atoms with van der Waals surface area (Å²) in [6, 6.07) is 7.49. The maximum atomic E-state index is 11.9. The molecule has 0 saturated carbocycles. The van der Waals surface area contributed by atoms with E-state index in [0.29, 0.717) is 10.8 Å². The molecule has 130 valence electrons. The molecule has 2 rings (SSSR count). The van der Waals surface area contributed by atoms with Crippen LogP contribution in [0.15, 0.2) is 29.6 Å². The standard InChI is InChI=1S/C16H20N2O4S2/c1-10(2)22-13-7-5-12(6-8-13)14-9-23-16(17-14)18-15(19)11(3)24(4,20)21/h5-11H,1-4H3,(H,17,18,19). The summed E-state index contributed by atoms with van der Waals surface area (Å²) in [6.07, 6.45) is 1.14. The van der Waals surface area contributed by atoms with Gasteiger partial charge in [-0.15, -0.1) is 11.3 Å². The number of carbonyl (C=O) groups excluding carboxylic acids is 1. The molecular weight excluding hydrogens is 348 g/mol. The fourth-order valence-electron chi connectivity index (χ4n) is 1.84. The number of carbonyl (C=O) groups is 1. The predicted molar refractivity (Wildman–Crippen MR) is 96.2 cm³/mol. The molecule has 0 aliphatic rings. The van der Waals surface area contributed by atoms with E-state index in [0.717, 1.165) is 17.6 Å². The van der Waals surface area contributed by atoms with Crippen molar-refractivity contribution in [3.63, 3.8) is 0 Å². The van der Waals surface area contributed by atoms with Crippen LogP contribution >= 0.6 is 11.3 Å². The maximum Gasteiger partial charge on any atom is 0.244 e. The first kappa shape index (κ1) is 18.4. The number of nitrogens with zero attached hydrogens (tertiary/aromatic N) is 1. The van der Waals surface area contributed by atoms with Gasteiger partial charge in [-0.2, -0.15) is 0 Å². The summed E-state index contributed by atoms with van der Waals surface area (Å²) in [5.74, 6) is 0.193. The Balaban J connectivity index is 2.09. The van der Waals surface area contributed by atoms with E-state index >= 15 is 0 Å². The number of nitrogens with one attached hydrogen (secondary N) is 1. The summed E-state index contributed by atoms with van der Waals surface area (Å²) in [5, 5.41) is 3.60. The lowest BCUT2D eigenvalue weighted by Crippen LogP contribution is -2.31. The van der Waals surface area contributed by atoms with Crippen LogP contribution in [0.1, 0.15) is 20.8 Å². The summed E-state index contributed by atoms with van der Waals surface area (Å²) < 4.78 is 28.4. The topological polar surface area (TPSA) is 85.4 Å². The van der Waals surface area contributed by atoms with Crippen LogP contribution in [0.4, 0.5) is 5.13 Å². The van der Waals surface area contributed by atoms with Crippen LogP contribution in [-0.4, -0.2) is 36.9 Å². The molecule has 0 aliphatic heterocycles. The zero-order valence-corrected chi connectivity index (χ0v) is 15.6. The Bertz CT molecular complexity index is 811. The fourth-order valence-corrected chi connectivity index (χ4v) is 3.01. The van der Waals surface area contributed by atoms with Gasteiger partial charge in [-0.3, -0.25) is 4.79 Å². The monoisotopic (exact) mass is 368 g/mol. The molecule has 0 bridgehead atoms. The molecule has 1 unspecified atom stereocenters. The molecule has 1 heterocycles. The van der Waals surface area contributed by atoms with Crippen molar-refractivity contribution in [1.82, 2.24) is 4.98 Å². The molecule has 1 aromatic carbocycles. The Morgan fingerprint density at radius 2 is 1.83 bits per heavy atom. The van der Waals surface area contributed by atoms with Gasteiger partial charge in [0.25, 0.3) is 0 Å².